The topological polar surface area (TPSA) is 64.4 Å². The van der Waals surface area contributed by atoms with E-state index in [0.717, 1.165) is 28.0 Å². The maximum absolute atomic E-state index is 13.2. The van der Waals surface area contributed by atoms with Crippen LogP contribution in [-0.4, -0.2) is 31.5 Å². The molecule has 0 bridgehead atoms. The summed E-state index contributed by atoms with van der Waals surface area (Å²) in [5.74, 6) is 0.809. The van der Waals surface area contributed by atoms with Crippen molar-refractivity contribution in [2.75, 3.05) is 19.1 Å². The minimum Gasteiger partial charge on any atom is -0.497 e. The molecule has 30 heavy (non-hydrogen) atoms. The lowest BCUT2D eigenvalue weighted by atomic mass is 10.1. The SMILES string of the molecule is COc1ccc(N(C)Cc2cn(S(=O)(=O)c3cccnc3)c3ccccc23)c(C)c1. The van der Waals surface area contributed by atoms with Crippen LogP contribution in [0.1, 0.15) is 11.1 Å². The molecule has 2 heterocycles. The van der Waals surface area contributed by atoms with Crippen molar-refractivity contribution in [3.8, 4) is 5.75 Å². The lowest BCUT2D eigenvalue weighted by Crippen LogP contribution is -2.17. The van der Waals surface area contributed by atoms with Gasteiger partial charge in [-0.15, -0.1) is 0 Å². The van der Waals surface area contributed by atoms with Crippen molar-refractivity contribution in [1.29, 1.82) is 0 Å². The molecule has 2 aromatic carbocycles. The van der Waals surface area contributed by atoms with Crippen LogP contribution in [0.3, 0.4) is 0 Å². The molecule has 0 saturated carbocycles. The molecule has 0 aliphatic carbocycles. The van der Waals surface area contributed by atoms with E-state index in [1.807, 2.05) is 56.4 Å². The number of pyridine rings is 1. The van der Waals surface area contributed by atoms with Crippen LogP contribution in [0.5, 0.6) is 5.75 Å². The molecule has 0 fully saturated rings. The van der Waals surface area contributed by atoms with Gasteiger partial charge in [0.1, 0.15) is 10.6 Å². The summed E-state index contributed by atoms with van der Waals surface area (Å²) in [5, 5.41) is 0.906. The van der Waals surface area contributed by atoms with Crippen LogP contribution in [0.15, 0.2) is 78.1 Å². The third-order valence-corrected chi connectivity index (χ3v) is 6.83. The number of fused-ring (bicyclic) bond motifs is 1. The molecule has 6 nitrogen and oxygen atoms in total. The van der Waals surface area contributed by atoms with Gasteiger partial charge in [0.05, 0.1) is 12.6 Å². The highest BCUT2D eigenvalue weighted by Crippen LogP contribution is 2.29. The minimum atomic E-state index is -3.74. The van der Waals surface area contributed by atoms with Crippen molar-refractivity contribution in [1.82, 2.24) is 8.96 Å². The first-order valence-corrected chi connectivity index (χ1v) is 11.0. The molecular formula is C23H23N3O3S. The Labute approximate surface area is 176 Å². The molecule has 154 valence electrons. The maximum atomic E-state index is 13.2. The van der Waals surface area contributed by atoms with Crippen LogP contribution < -0.4 is 9.64 Å². The summed E-state index contributed by atoms with van der Waals surface area (Å²) in [5.41, 5.74) is 3.72. The summed E-state index contributed by atoms with van der Waals surface area (Å²) in [7, 11) is -0.0981. The van der Waals surface area contributed by atoms with Gasteiger partial charge in [-0.05, 0) is 54.4 Å². The summed E-state index contributed by atoms with van der Waals surface area (Å²) < 4.78 is 33.1. The summed E-state index contributed by atoms with van der Waals surface area (Å²) in [6, 6.07) is 16.7. The van der Waals surface area contributed by atoms with Crippen LogP contribution >= 0.6 is 0 Å². The average molecular weight is 422 g/mol. The van der Waals surface area contributed by atoms with Gasteiger partial charge in [0.2, 0.25) is 0 Å². The number of hydrogen-bond donors (Lipinski definition) is 0. The molecule has 0 aliphatic rings. The highest BCUT2D eigenvalue weighted by atomic mass is 32.2. The molecular weight excluding hydrogens is 398 g/mol. The predicted octanol–water partition coefficient (Wildman–Crippen LogP) is 4.23. The molecule has 4 aromatic rings. The van der Waals surface area contributed by atoms with Crippen molar-refractivity contribution in [2.45, 2.75) is 18.4 Å². The number of ether oxygens (including phenoxy) is 1. The predicted molar refractivity (Wildman–Crippen MR) is 119 cm³/mol. The molecule has 0 N–H and O–H groups in total. The van der Waals surface area contributed by atoms with Crippen LogP contribution in [0.25, 0.3) is 10.9 Å². The molecule has 4 rings (SSSR count). The van der Waals surface area contributed by atoms with Crippen molar-refractivity contribution < 1.29 is 13.2 Å². The van der Waals surface area contributed by atoms with Crippen molar-refractivity contribution in [3.05, 3.63) is 84.3 Å². The Morgan fingerprint density at radius 3 is 2.60 bits per heavy atom. The lowest BCUT2D eigenvalue weighted by molar-refractivity contribution is 0.414. The van der Waals surface area contributed by atoms with E-state index in [1.54, 1.807) is 31.6 Å². The quantitative estimate of drug-likeness (QED) is 0.466. The Morgan fingerprint density at radius 2 is 1.90 bits per heavy atom. The van der Waals surface area contributed by atoms with E-state index < -0.39 is 10.0 Å². The fourth-order valence-corrected chi connectivity index (χ4v) is 5.04. The highest BCUT2D eigenvalue weighted by molar-refractivity contribution is 7.90. The van der Waals surface area contributed by atoms with E-state index >= 15 is 0 Å². The third kappa shape index (κ3) is 3.52. The zero-order valence-electron chi connectivity index (χ0n) is 17.1. The van der Waals surface area contributed by atoms with Gasteiger partial charge in [-0.1, -0.05) is 18.2 Å². The van der Waals surface area contributed by atoms with Gasteiger partial charge in [-0.25, -0.2) is 12.4 Å². The first kappa shape index (κ1) is 20.0. The van der Waals surface area contributed by atoms with Crippen molar-refractivity contribution in [2.24, 2.45) is 0 Å². The second kappa shape index (κ2) is 7.84. The van der Waals surface area contributed by atoms with Gasteiger partial charge in [0, 0.05) is 43.3 Å². The van der Waals surface area contributed by atoms with Crippen LogP contribution in [0.2, 0.25) is 0 Å². The van der Waals surface area contributed by atoms with Gasteiger partial charge >= 0.3 is 0 Å². The highest BCUT2D eigenvalue weighted by Gasteiger charge is 2.22. The molecule has 0 amide bonds. The molecule has 0 spiro atoms. The smallest absolute Gasteiger partial charge is 0.269 e. The first-order valence-electron chi connectivity index (χ1n) is 9.52. The van der Waals surface area contributed by atoms with Gasteiger partial charge in [-0.3, -0.25) is 4.98 Å². The molecule has 0 saturated heterocycles. The van der Waals surface area contributed by atoms with E-state index in [-0.39, 0.29) is 4.90 Å². The number of methoxy groups -OCH3 is 1. The van der Waals surface area contributed by atoms with Crippen molar-refractivity contribution in [3.63, 3.8) is 0 Å². The van der Waals surface area contributed by atoms with Crippen LogP contribution in [-0.2, 0) is 16.6 Å². The Kier molecular flexibility index (Phi) is 5.22. The lowest BCUT2D eigenvalue weighted by Gasteiger charge is -2.21. The standard InChI is InChI=1S/C23H23N3O3S/c1-17-13-19(29-3)10-11-22(17)25(2)15-18-16-26(23-9-5-4-8-21(18)23)30(27,28)20-7-6-12-24-14-20/h4-14,16H,15H2,1-3H3. The van der Waals surface area contributed by atoms with E-state index in [0.29, 0.717) is 12.1 Å². The number of rotatable bonds is 6. The third-order valence-electron chi connectivity index (χ3n) is 5.17. The fourth-order valence-electron chi connectivity index (χ4n) is 3.68. The summed E-state index contributed by atoms with van der Waals surface area (Å²) in [4.78, 5) is 6.24. The second-order valence-corrected chi connectivity index (χ2v) is 8.98. The van der Waals surface area contributed by atoms with Gasteiger partial charge in [0.25, 0.3) is 10.0 Å². The number of aryl methyl sites for hydroxylation is 1. The molecule has 0 radical (unpaired) electrons. The minimum absolute atomic E-state index is 0.164. The summed E-state index contributed by atoms with van der Waals surface area (Å²) in [6.07, 6.45) is 4.64. The Hall–Kier alpha value is -3.32. The number of para-hydroxylation sites is 1. The zero-order valence-corrected chi connectivity index (χ0v) is 17.9. The number of nitrogens with zero attached hydrogens (tertiary/aromatic N) is 3. The first-order chi connectivity index (χ1) is 14.4. The second-order valence-electron chi connectivity index (χ2n) is 7.17. The summed E-state index contributed by atoms with van der Waals surface area (Å²) >= 11 is 0. The molecule has 2 aromatic heterocycles. The maximum Gasteiger partial charge on any atom is 0.269 e. The average Bonchev–Trinajstić information content (AvgIpc) is 3.13. The molecule has 0 atom stereocenters. The van der Waals surface area contributed by atoms with E-state index in [4.69, 9.17) is 4.74 Å². The number of anilines is 1. The molecule has 0 aliphatic heterocycles. The van der Waals surface area contributed by atoms with E-state index in [2.05, 4.69) is 9.88 Å². The van der Waals surface area contributed by atoms with Gasteiger partial charge < -0.3 is 9.64 Å². The molecule has 7 heteroatoms. The normalized spacial score (nSPS) is 11.6. The Bertz CT molecular complexity index is 1300. The van der Waals surface area contributed by atoms with Crippen LogP contribution in [0, 0.1) is 6.92 Å². The number of aromatic nitrogens is 2. The summed E-state index contributed by atoms with van der Waals surface area (Å²) in [6.45, 7) is 2.59. The monoisotopic (exact) mass is 421 g/mol. The van der Waals surface area contributed by atoms with E-state index in [9.17, 15) is 8.42 Å². The van der Waals surface area contributed by atoms with Crippen LogP contribution in [0.4, 0.5) is 5.69 Å². The van der Waals surface area contributed by atoms with E-state index in [1.165, 1.54) is 10.2 Å². The van der Waals surface area contributed by atoms with Gasteiger partial charge in [-0.2, -0.15) is 0 Å². The Balaban J connectivity index is 1.76. The fraction of sp³-hybridized carbons (Fsp3) is 0.174. The number of hydrogen-bond acceptors (Lipinski definition) is 5. The molecule has 0 unspecified atom stereocenters. The zero-order chi connectivity index (χ0) is 21.3. The van der Waals surface area contributed by atoms with Crippen molar-refractivity contribution >= 4 is 26.6 Å². The van der Waals surface area contributed by atoms with Gasteiger partial charge in [0.15, 0.2) is 0 Å². The largest absolute Gasteiger partial charge is 0.497 e. The number of benzene rings is 2. The Morgan fingerprint density at radius 1 is 1.10 bits per heavy atom.